The lowest BCUT2D eigenvalue weighted by molar-refractivity contribution is -0.115. The van der Waals surface area contributed by atoms with Crippen molar-refractivity contribution in [1.82, 2.24) is 4.98 Å². The van der Waals surface area contributed by atoms with Crippen LogP contribution in [-0.2, 0) is 11.2 Å². The molecule has 0 bridgehead atoms. The van der Waals surface area contributed by atoms with E-state index in [0.29, 0.717) is 16.4 Å². The van der Waals surface area contributed by atoms with Crippen molar-refractivity contribution >= 4 is 22.4 Å². The van der Waals surface area contributed by atoms with Crippen LogP contribution in [-0.4, -0.2) is 10.9 Å². The second kappa shape index (κ2) is 6.88. The first-order valence-electron chi connectivity index (χ1n) is 7.28. The monoisotopic (exact) mass is 344 g/mol. The van der Waals surface area contributed by atoms with Gasteiger partial charge in [0.05, 0.1) is 12.1 Å². The van der Waals surface area contributed by atoms with Gasteiger partial charge in [0.1, 0.15) is 0 Å². The minimum atomic E-state index is -0.925. The first-order valence-corrected chi connectivity index (χ1v) is 8.16. The molecule has 1 heterocycles. The van der Waals surface area contributed by atoms with Crippen LogP contribution in [0.2, 0.25) is 0 Å². The van der Waals surface area contributed by atoms with Gasteiger partial charge >= 0.3 is 0 Å². The van der Waals surface area contributed by atoms with Gasteiger partial charge in [0.2, 0.25) is 5.91 Å². The molecule has 1 amide bonds. The number of amides is 1. The summed E-state index contributed by atoms with van der Waals surface area (Å²) in [5, 5.41) is 4.85. The minimum absolute atomic E-state index is 0.171. The molecular weight excluding hydrogens is 330 g/mol. The number of benzene rings is 2. The fourth-order valence-corrected chi connectivity index (χ4v) is 3.00. The van der Waals surface area contributed by atoms with Crippen LogP contribution < -0.4 is 5.32 Å². The second-order valence-electron chi connectivity index (χ2n) is 5.32. The number of halogens is 2. The Morgan fingerprint density at radius 2 is 1.96 bits per heavy atom. The Morgan fingerprint density at radius 3 is 2.71 bits per heavy atom. The first kappa shape index (κ1) is 16.3. The summed E-state index contributed by atoms with van der Waals surface area (Å²) < 4.78 is 26.3. The van der Waals surface area contributed by atoms with E-state index in [1.54, 1.807) is 5.38 Å². The number of hydrogen-bond donors (Lipinski definition) is 1. The van der Waals surface area contributed by atoms with Gasteiger partial charge in [0.15, 0.2) is 16.8 Å². The predicted molar refractivity (Wildman–Crippen MR) is 91.0 cm³/mol. The summed E-state index contributed by atoms with van der Waals surface area (Å²) in [5.41, 5.74) is 2.95. The van der Waals surface area contributed by atoms with E-state index in [1.807, 2.05) is 31.2 Å². The number of nitrogens with zero attached hydrogens (tertiary/aromatic N) is 1. The maximum atomic E-state index is 13.3. The Hall–Kier alpha value is -2.60. The van der Waals surface area contributed by atoms with Gasteiger partial charge in [-0.05, 0) is 36.2 Å². The summed E-state index contributed by atoms with van der Waals surface area (Å²) in [4.78, 5) is 16.4. The molecule has 3 aromatic rings. The van der Waals surface area contributed by atoms with Gasteiger partial charge in [0.25, 0.3) is 0 Å². The molecule has 0 saturated heterocycles. The average molecular weight is 344 g/mol. The minimum Gasteiger partial charge on any atom is -0.302 e. The molecular formula is C18H14F2N2OS. The highest BCUT2D eigenvalue weighted by Crippen LogP contribution is 2.26. The van der Waals surface area contributed by atoms with Crippen molar-refractivity contribution in [2.75, 3.05) is 5.32 Å². The molecule has 0 atom stereocenters. The highest BCUT2D eigenvalue weighted by Gasteiger charge is 2.11. The number of carbonyl (C=O) groups is 1. The van der Waals surface area contributed by atoms with Gasteiger partial charge < -0.3 is 5.32 Å². The smallest absolute Gasteiger partial charge is 0.230 e. The maximum absolute atomic E-state index is 13.3. The molecule has 0 aliphatic carbocycles. The summed E-state index contributed by atoms with van der Waals surface area (Å²) >= 11 is 1.24. The molecule has 0 radical (unpaired) electrons. The van der Waals surface area contributed by atoms with Crippen LogP contribution in [0.1, 0.15) is 11.1 Å². The van der Waals surface area contributed by atoms with Gasteiger partial charge in [-0.3, -0.25) is 4.79 Å². The number of aromatic nitrogens is 1. The zero-order valence-corrected chi connectivity index (χ0v) is 13.7. The van der Waals surface area contributed by atoms with Crippen LogP contribution in [0, 0.1) is 18.6 Å². The maximum Gasteiger partial charge on any atom is 0.230 e. The fourth-order valence-electron chi connectivity index (χ4n) is 2.26. The van der Waals surface area contributed by atoms with E-state index in [9.17, 15) is 13.6 Å². The van der Waals surface area contributed by atoms with Crippen LogP contribution in [0.25, 0.3) is 11.3 Å². The molecule has 3 rings (SSSR count). The predicted octanol–water partition coefficient (Wildman–Crippen LogP) is 4.58. The third kappa shape index (κ3) is 3.65. The summed E-state index contributed by atoms with van der Waals surface area (Å²) in [6.45, 7) is 1.95. The summed E-state index contributed by atoms with van der Waals surface area (Å²) in [6, 6.07) is 11.3. The second-order valence-corrected chi connectivity index (χ2v) is 6.18. The number of nitrogens with one attached hydrogen (secondary N) is 1. The van der Waals surface area contributed by atoms with Crippen LogP contribution in [0.3, 0.4) is 0 Å². The van der Waals surface area contributed by atoms with Crippen LogP contribution in [0.15, 0.2) is 47.8 Å². The zero-order chi connectivity index (χ0) is 17.1. The van der Waals surface area contributed by atoms with Gasteiger partial charge in [-0.2, -0.15) is 0 Å². The molecule has 0 aliphatic heterocycles. The van der Waals surface area contributed by atoms with Crippen LogP contribution in [0.5, 0.6) is 0 Å². The summed E-state index contributed by atoms with van der Waals surface area (Å²) in [7, 11) is 0. The van der Waals surface area contributed by atoms with Crippen molar-refractivity contribution in [3.8, 4) is 11.3 Å². The quantitative estimate of drug-likeness (QED) is 0.753. The molecule has 3 nitrogen and oxygen atoms in total. The molecule has 1 N–H and O–H groups in total. The molecule has 0 unspecified atom stereocenters. The van der Waals surface area contributed by atoms with E-state index >= 15 is 0 Å². The molecule has 0 fully saturated rings. The molecule has 0 spiro atoms. The molecule has 0 aliphatic rings. The zero-order valence-electron chi connectivity index (χ0n) is 12.8. The Labute approximate surface area is 142 Å². The van der Waals surface area contributed by atoms with Crippen LogP contribution >= 0.6 is 11.3 Å². The molecule has 24 heavy (non-hydrogen) atoms. The first-order chi connectivity index (χ1) is 11.5. The van der Waals surface area contributed by atoms with Crippen molar-refractivity contribution in [2.45, 2.75) is 13.3 Å². The largest absolute Gasteiger partial charge is 0.302 e. The fraction of sp³-hybridized carbons (Fsp3) is 0.111. The van der Waals surface area contributed by atoms with Crippen molar-refractivity contribution in [1.29, 1.82) is 0 Å². The van der Waals surface area contributed by atoms with Crippen molar-refractivity contribution in [3.05, 3.63) is 70.6 Å². The summed E-state index contributed by atoms with van der Waals surface area (Å²) in [6.07, 6.45) is 0.257. The Morgan fingerprint density at radius 1 is 1.17 bits per heavy atom. The normalized spacial score (nSPS) is 10.6. The van der Waals surface area contributed by atoms with Crippen molar-refractivity contribution < 1.29 is 13.6 Å². The van der Waals surface area contributed by atoms with E-state index in [4.69, 9.17) is 0 Å². The van der Waals surface area contributed by atoms with E-state index in [0.717, 1.165) is 23.3 Å². The van der Waals surface area contributed by atoms with Crippen molar-refractivity contribution in [2.24, 2.45) is 0 Å². The average Bonchev–Trinajstić information content (AvgIpc) is 3.00. The number of anilines is 1. The van der Waals surface area contributed by atoms with Gasteiger partial charge in [0, 0.05) is 10.9 Å². The Balaban J connectivity index is 1.70. The van der Waals surface area contributed by atoms with Gasteiger partial charge in [-0.15, -0.1) is 11.3 Å². The third-order valence-electron chi connectivity index (χ3n) is 3.58. The standard InChI is InChI=1S/C18H14F2N2OS/c1-11-4-2-3-5-12(11)9-17(23)22-18-21-16(10-24-18)13-6-7-14(19)15(20)8-13/h2-8,10H,9H2,1H3,(H,21,22,23). The number of thiazole rings is 1. The lowest BCUT2D eigenvalue weighted by Gasteiger charge is -2.05. The molecule has 1 aromatic heterocycles. The third-order valence-corrected chi connectivity index (χ3v) is 4.34. The Bertz CT molecular complexity index is 892. The highest BCUT2D eigenvalue weighted by atomic mass is 32.1. The highest BCUT2D eigenvalue weighted by molar-refractivity contribution is 7.14. The van der Waals surface area contributed by atoms with Gasteiger partial charge in [-0.1, -0.05) is 24.3 Å². The number of rotatable bonds is 4. The molecule has 0 saturated carbocycles. The lowest BCUT2D eigenvalue weighted by atomic mass is 10.1. The van der Waals surface area contributed by atoms with Crippen LogP contribution in [0.4, 0.5) is 13.9 Å². The topological polar surface area (TPSA) is 42.0 Å². The lowest BCUT2D eigenvalue weighted by Crippen LogP contribution is -2.14. The van der Waals surface area contributed by atoms with E-state index in [2.05, 4.69) is 10.3 Å². The molecule has 122 valence electrons. The van der Waals surface area contributed by atoms with E-state index in [1.165, 1.54) is 17.4 Å². The Kier molecular flexibility index (Phi) is 4.66. The van der Waals surface area contributed by atoms with E-state index in [-0.39, 0.29) is 12.3 Å². The van der Waals surface area contributed by atoms with Gasteiger partial charge in [-0.25, -0.2) is 13.8 Å². The summed E-state index contributed by atoms with van der Waals surface area (Å²) in [5.74, 6) is -2.00. The van der Waals surface area contributed by atoms with Crippen molar-refractivity contribution in [3.63, 3.8) is 0 Å². The van der Waals surface area contributed by atoms with E-state index < -0.39 is 11.6 Å². The number of aryl methyl sites for hydroxylation is 1. The molecule has 6 heteroatoms. The molecule has 2 aromatic carbocycles. The number of carbonyl (C=O) groups excluding carboxylic acids is 1. The SMILES string of the molecule is Cc1ccccc1CC(=O)Nc1nc(-c2ccc(F)c(F)c2)cs1. The number of hydrogen-bond acceptors (Lipinski definition) is 3.